The van der Waals surface area contributed by atoms with E-state index in [4.69, 9.17) is 5.11 Å². The predicted octanol–water partition coefficient (Wildman–Crippen LogP) is 2.51. The first-order chi connectivity index (χ1) is 5.05. The number of aliphatic hydroxyl groups is 1. The molecule has 0 aliphatic heterocycles. The minimum Gasteiger partial charge on any atom is -0.392 e. The lowest BCUT2D eigenvalue weighted by atomic mass is 9.77. The molecule has 1 fully saturated rings. The fourth-order valence-corrected chi connectivity index (χ4v) is 1.53. The topological polar surface area (TPSA) is 20.2 Å². The minimum absolute atomic E-state index is 0.171. The summed E-state index contributed by atoms with van der Waals surface area (Å²) in [6.45, 7) is 6.76. The number of rotatable bonds is 1. The molecule has 1 saturated carbocycles. The van der Waals surface area contributed by atoms with Crippen LogP contribution in [0.1, 0.15) is 40.0 Å². The molecule has 0 aromatic rings. The highest BCUT2D eigenvalue weighted by molar-refractivity contribution is 5.24. The van der Waals surface area contributed by atoms with E-state index in [1.165, 1.54) is 30.4 Å². The maximum Gasteiger partial charge on any atom is 0.0649 e. The Kier molecular flexibility index (Phi) is 2.38. The van der Waals surface area contributed by atoms with Crippen molar-refractivity contribution in [2.45, 2.75) is 40.0 Å². The highest BCUT2D eigenvalue weighted by Gasteiger charge is 2.23. The lowest BCUT2D eigenvalue weighted by Crippen LogP contribution is -2.18. The van der Waals surface area contributed by atoms with Gasteiger partial charge in [-0.15, -0.1) is 0 Å². The molecule has 0 saturated heterocycles. The van der Waals surface area contributed by atoms with Gasteiger partial charge in [-0.3, -0.25) is 0 Å². The zero-order chi connectivity index (χ0) is 8.48. The standard InChI is InChI=1S/C10H18O/c1-10(2,3)9(7-11)8-5-4-6-8/h11H,4-7H2,1-3H3. The highest BCUT2D eigenvalue weighted by atomic mass is 16.3. The number of hydrogen-bond acceptors (Lipinski definition) is 1. The molecule has 1 aliphatic carbocycles. The van der Waals surface area contributed by atoms with Crippen molar-refractivity contribution in [1.82, 2.24) is 0 Å². The van der Waals surface area contributed by atoms with Gasteiger partial charge in [0.2, 0.25) is 0 Å². The fourth-order valence-electron chi connectivity index (χ4n) is 1.53. The van der Waals surface area contributed by atoms with Crippen LogP contribution in [0, 0.1) is 5.41 Å². The second kappa shape index (κ2) is 2.98. The quantitative estimate of drug-likeness (QED) is 0.575. The van der Waals surface area contributed by atoms with Crippen molar-refractivity contribution in [2.24, 2.45) is 5.41 Å². The lowest BCUT2D eigenvalue weighted by molar-refractivity contribution is 0.289. The first kappa shape index (κ1) is 8.79. The first-order valence-electron chi connectivity index (χ1n) is 4.38. The number of aliphatic hydroxyl groups excluding tert-OH is 1. The third kappa shape index (κ3) is 1.84. The minimum atomic E-state index is 0.171. The van der Waals surface area contributed by atoms with Crippen LogP contribution in [0.25, 0.3) is 0 Å². The Bertz CT molecular complexity index is 166. The van der Waals surface area contributed by atoms with Gasteiger partial charge < -0.3 is 5.11 Å². The molecule has 1 N–H and O–H groups in total. The van der Waals surface area contributed by atoms with Crippen LogP contribution in [0.5, 0.6) is 0 Å². The van der Waals surface area contributed by atoms with Crippen LogP contribution in [0.3, 0.4) is 0 Å². The number of allylic oxidation sites excluding steroid dienone is 1. The second-order valence-electron chi connectivity index (χ2n) is 4.34. The summed E-state index contributed by atoms with van der Waals surface area (Å²) < 4.78 is 0. The van der Waals surface area contributed by atoms with Crippen molar-refractivity contribution in [3.8, 4) is 0 Å². The summed E-state index contributed by atoms with van der Waals surface area (Å²) in [5.74, 6) is 0. The van der Waals surface area contributed by atoms with E-state index in [1.807, 2.05) is 0 Å². The zero-order valence-corrected chi connectivity index (χ0v) is 7.78. The third-order valence-electron chi connectivity index (χ3n) is 2.45. The maximum absolute atomic E-state index is 9.14. The molecule has 0 radical (unpaired) electrons. The van der Waals surface area contributed by atoms with Crippen LogP contribution in [0.15, 0.2) is 11.1 Å². The Morgan fingerprint density at radius 3 is 2.00 bits per heavy atom. The van der Waals surface area contributed by atoms with Crippen molar-refractivity contribution in [3.63, 3.8) is 0 Å². The molecular weight excluding hydrogens is 136 g/mol. The van der Waals surface area contributed by atoms with Gasteiger partial charge in [0.25, 0.3) is 0 Å². The van der Waals surface area contributed by atoms with Gasteiger partial charge in [0.05, 0.1) is 6.61 Å². The normalized spacial score (nSPS) is 18.0. The molecule has 0 aromatic heterocycles. The Labute approximate surface area is 69.1 Å². The lowest BCUT2D eigenvalue weighted by Gasteiger charge is -2.29. The second-order valence-corrected chi connectivity index (χ2v) is 4.34. The van der Waals surface area contributed by atoms with Crippen LogP contribution in [0.2, 0.25) is 0 Å². The summed E-state index contributed by atoms with van der Waals surface area (Å²) in [5.41, 5.74) is 2.94. The average molecular weight is 154 g/mol. The zero-order valence-electron chi connectivity index (χ0n) is 7.78. The maximum atomic E-state index is 9.14. The molecule has 1 aliphatic rings. The molecule has 0 bridgehead atoms. The summed E-state index contributed by atoms with van der Waals surface area (Å²) in [7, 11) is 0. The summed E-state index contributed by atoms with van der Waals surface area (Å²) in [5, 5.41) is 9.14. The Hall–Kier alpha value is -0.300. The van der Waals surface area contributed by atoms with Crippen LogP contribution >= 0.6 is 0 Å². The van der Waals surface area contributed by atoms with Gasteiger partial charge in [0.1, 0.15) is 0 Å². The molecule has 64 valence electrons. The van der Waals surface area contributed by atoms with E-state index in [0.29, 0.717) is 0 Å². The van der Waals surface area contributed by atoms with E-state index in [1.54, 1.807) is 0 Å². The molecule has 1 rings (SSSR count). The summed E-state index contributed by atoms with van der Waals surface area (Å²) in [4.78, 5) is 0. The molecule has 0 spiro atoms. The molecule has 0 atom stereocenters. The summed E-state index contributed by atoms with van der Waals surface area (Å²) in [6.07, 6.45) is 3.75. The van der Waals surface area contributed by atoms with Gasteiger partial charge in [-0.05, 0) is 30.3 Å². The van der Waals surface area contributed by atoms with Crippen molar-refractivity contribution in [2.75, 3.05) is 6.61 Å². The Morgan fingerprint density at radius 1 is 1.36 bits per heavy atom. The van der Waals surface area contributed by atoms with Crippen LogP contribution in [-0.2, 0) is 0 Å². The molecule has 0 heterocycles. The smallest absolute Gasteiger partial charge is 0.0649 e. The van der Waals surface area contributed by atoms with Gasteiger partial charge >= 0.3 is 0 Å². The van der Waals surface area contributed by atoms with Crippen LogP contribution in [0.4, 0.5) is 0 Å². The highest BCUT2D eigenvalue weighted by Crippen LogP contribution is 2.36. The van der Waals surface area contributed by atoms with Crippen LogP contribution in [-0.4, -0.2) is 11.7 Å². The van der Waals surface area contributed by atoms with Crippen molar-refractivity contribution in [1.29, 1.82) is 0 Å². The molecular formula is C10H18O. The van der Waals surface area contributed by atoms with E-state index >= 15 is 0 Å². The van der Waals surface area contributed by atoms with E-state index in [9.17, 15) is 0 Å². The van der Waals surface area contributed by atoms with Crippen molar-refractivity contribution in [3.05, 3.63) is 11.1 Å². The number of hydrogen-bond donors (Lipinski definition) is 1. The molecule has 11 heavy (non-hydrogen) atoms. The summed E-state index contributed by atoms with van der Waals surface area (Å²) >= 11 is 0. The largest absolute Gasteiger partial charge is 0.392 e. The Morgan fingerprint density at radius 2 is 1.91 bits per heavy atom. The van der Waals surface area contributed by atoms with E-state index in [2.05, 4.69) is 20.8 Å². The average Bonchev–Trinajstić information content (AvgIpc) is 1.74. The predicted molar refractivity (Wildman–Crippen MR) is 47.4 cm³/mol. The van der Waals surface area contributed by atoms with Gasteiger partial charge in [-0.2, -0.15) is 0 Å². The molecule has 1 nitrogen and oxygen atoms in total. The molecule has 0 aromatic carbocycles. The summed E-state index contributed by atoms with van der Waals surface area (Å²) in [6, 6.07) is 0. The molecule has 0 amide bonds. The van der Waals surface area contributed by atoms with Crippen LogP contribution < -0.4 is 0 Å². The van der Waals surface area contributed by atoms with Gasteiger partial charge in [-0.25, -0.2) is 0 Å². The van der Waals surface area contributed by atoms with Crippen molar-refractivity contribution < 1.29 is 5.11 Å². The van der Waals surface area contributed by atoms with Gasteiger partial charge in [-0.1, -0.05) is 26.3 Å². The van der Waals surface area contributed by atoms with E-state index in [-0.39, 0.29) is 12.0 Å². The van der Waals surface area contributed by atoms with Gasteiger partial charge in [0, 0.05) is 0 Å². The van der Waals surface area contributed by atoms with E-state index in [0.717, 1.165) is 0 Å². The van der Waals surface area contributed by atoms with Crippen molar-refractivity contribution >= 4 is 0 Å². The molecule has 1 heteroatoms. The third-order valence-corrected chi connectivity index (χ3v) is 2.45. The van der Waals surface area contributed by atoms with E-state index < -0.39 is 0 Å². The Balaban J connectivity index is 2.78. The monoisotopic (exact) mass is 154 g/mol. The SMILES string of the molecule is CC(C)(C)C(CO)=C1CCC1. The van der Waals surface area contributed by atoms with Gasteiger partial charge in [0.15, 0.2) is 0 Å². The fraction of sp³-hybridized carbons (Fsp3) is 0.800. The first-order valence-corrected chi connectivity index (χ1v) is 4.38. The molecule has 0 unspecified atom stereocenters.